The molecule has 0 aromatic heterocycles. The summed E-state index contributed by atoms with van der Waals surface area (Å²) in [5.41, 5.74) is -0.369. The minimum atomic E-state index is -4.79. The molecule has 0 radical (unpaired) electrons. The summed E-state index contributed by atoms with van der Waals surface area (Å²) >= 11 is 5.47. The third-order valence-corrected chi connectivity index (χ3v) is 3.11. The molecule has 0 unspecified atom stereocenters. The Bertz CT molecular complexity index is 530. The van der Waals surface area contributed by atoms with Crippen molar-refractivity contribution in [2.24, 2.45) is 0 Å². The van der Waals surface area contributed by atoms with Crippen LogP contribution < -0.4 is 29.6 Å². The van der Waals surface area contributed by atoms with Gasteiger partial charge in [0.1, 0.15) is 15.1 Å². The van der Waals surface area contributed by atoms with Gasteiger partial charge in [-0.05, 0) is 13.0 Å². The van der Waals surface area contributed by atoms with E-state index in [1.54, 1.807) is 0 Å². The number of aryl methyl sites for hydroxylation is 1. The van der Waals surface area contributed by atoms with E-state index in [4.69, 9.17) is 11.6 Å². The third-order valence-electron chi connectivity index (χ3n) is 1.73. The quantitative estimate of drug-likeness (QED) is 0.281. The molecule has 0 aliphatic rings. The van der Waals surface area contributed by atoms with Gasteiger partial charge in [-0.2, -0.15) is 0 Å². The average Bonchev–Trinajstić information content (AvgIpc) is 2.00. The van der Waals surface area contributed by atoms with Gasteiger partial charge in [0.15, 0.2) is 0 Å². The molecule has 0 heterocycles. The molecule has 0 aliphatic carbocycles. The van der Waals surface area contributed by atoms with Crippen molar-refractivity contribution < 1.29 is 47.5 Å². The van der Waals surface area contributed by atoms with Crippen LogP contribution in [0.1, 0.15) is 5.56 Å². The second kappa shape index (κ2) is 5.44. The number of nitro groups is 1. The first-order valence-electron chi connectivity index (χ1n) is 3.64. The number of halogens is 1. The number of hydrogen-bond donors (Lipinski definition) is 0. The second-order valence-electron chi connectivity index (χ2n) is 2.75. The van der Waals surface area contributed by atoms with Gasteiger partial charge < -0.3 is 4.55 Å². The van der Waals surface area contributed by atoms with E-state index in [0.29, 0.717) is 0 Å². The first-order valence-corrected chi connectivity index (χ1v) is 5.43. The van der Waals surface area contributed by atoms with Gasteiger partial charge in [0.05, 0.1) is 9.82 Å². The van der Waals surface area contributed by atoms with E-state index in [-0.39, 0.29) is 35.1 Å². The van der Waals surface area contributed by atoms with Crippen LogP contribution in [-0.2, 0) is 10.1 Å². The minimum Gasteiger partial charge on any atom is -0.744 e. The van der Waals surface area contributed by atoms with Crippen LogP contribution >= 0.6 is 11.6 Å². The molecule has 0 aliphatic heterocycles. The number of nitrogens with zero attached hydrogens (tertiary/aromatic N) is 1. The van der Waals surface area contributed by atoms with Crippen LogP contribution in [0.15, 0.2) is 17.0 Å². The van der Waals surface area contributed by atoms with Crippen LogP contribution in [0.4, 0.5) is 5.69 Å². The summed E-state index contributed by atoms with van der Waals surface area (Å²) in [4.78, 5) is 8.94. The fraction of sp³-hybridized carbons (Fsp3) is 0.143. The fourth-order valence-electron chi connectivity index (χ4n) is 1.06. The van der Waals surface area contributed by atoms with E-state index in [1.165, 1.54) is 6.92 Å². The molecular weight excluding hydrogens is 269 g/mol. The van der Waals surface area contributed by atoms with Crippen molar-refractivity contribution in [3.8, 4) is 0 Å². The van der Waals surface area contributed by atoms with Gasteiger partial charge in [-0.15, -0.1) is 0 Å². The van der Waals surface area contributed by atoms with Crippen LogP contribution in [-0.4, -0.2) is 17.9 Å². The van der Waals surface area contributed by atoms with Crippen molar-refractivity contribution in [2.45, 2.75) is 11.8 Å². The van der Waals surface area contributed by atoms with Crippen molar-refractivity contribution in [1.82, 2.24) is 0 Å². The summed E-state index contributed by atoms with van der Waals surface area (Å²) in [5, 5.41) is 9.90. The Morgan fingerprint density at radius 3 is 2.25 bits per heavy atom. The van der Waals surface area contributed by atoms with Crippen molar-refractivity contribution in [3.05, 3.63) is 32.8 Å². The molecule has 1 aromatic rings. The molecule has 1 aromatic carbocycles. The van der Waals surface area contributed by atoms with Crippen LogP contribution in [0.25, 0.3) is 0 Å². The van der Waals surface area contributed by atoms with E-state index < -0.39 is 30.6 Å². The van der Waals surface area contributed by atoms with Crippen LogP contribution in [0.2, 0.25) is 5.02 Å². The van der Waals surface area contributed by atoms with Gasteiger partial charge in [0.25, 0.3) is 5.69 Å². The van der Waals surface area contributed by atoms with E-state index in [9.17, 15) is 23.1 Å². The number of hydrogen-bond acceptors (Lipinski definition) is 5. The summed E-state index contributed by atoms with van der Waals surface area (Å²) in [6, 6.07) is 2.11. The molecule has 16 heavy (non-hydrogen) atoms. The van der Waals surface area contributed by atoms with Crippen LogP contribution in [0.3, 0.4) is 0 Å². The molecule has 9 heteroatoms. The Kier molecular flexibility index (Phi) is 5.37. The van der Waals surface area contributed by atoms with Gasteiger partial charge in [0, 0.05) is 5.56 Å². The number of nitro benzene ring substituents is 1. The summed E-state index contributed by atoms with van der Waals surface area (Å²) in [7, 11) is -4.79. The Morgan fingerprint density at radius 2 is 1.88 bits per heavy atom. The summed E-state index contributed by atoms with van der Waals surface area (Å²) in [6.07, 6.45) is 0. The molecule has 0 atom stereocenters. The molecule has 0 spiro atoms. The summed E-state index contributed by atoms with van der Waals surface area (Å²) < 4.78 is 32.0. The Hall–Kier alpha value is -0.180. The van der Waals surface area contributed by atoms with E-state index in [1.807, 2.05) is 0 Å². The van der Waals surface area contributed by atoms with Gasteiger partial charge in [-0.1, -0.05) is 17.7 Å². The molecular formula is C7H5ClNNaO5S. The smallest absolute Gasteiger partial charge is 0.744 e. The predicted molar refractivity (Wildman–Crippen MR) is 50.8 cm³/mol. The maximum atomic E-state index is 10.7. The van der Waals surface area contributed by atoms with Crippen LogP contribution in [0.5, 0.6) is 0 Å². The maximum Gasteiger partial charge on any atom is 1.00 e. The molecule has 0 bridgehead atoms. The molecule has 0 amide bonds. The zero-order valence-electron chi connectivity index (χ0n) is 8.43. The number of benzene rings is 1. The van der Waals surface area contributed by atoms with E-state index in [0.717, 1.165) is 12.1 Å². The number of rotatable bonds is 2. The molecule has 6 nitrogen and oxygen atoms in total. The van der Waals surface area contributed by atoms with Crippen LogP contribution in [0, 0.1) is 17.0 Å². The van der Waals surface area contributed by atoms with Gasteiger partial charge in [-0.25, -0.2) is 8.42 Å². The van der Waals surface area contributed by atoms with E-state index in [2.05, 4.69) is 0 Å². The SMILES string of the molecule is Cc1ccc(S(=O)(=O)[O-])c(Cl)c1[N+](=O)[O-].[Na+]. The van der Waals surface area contributed by atoms with E-state index >= 15 is 0 Å². The largest absolute Gasteiger partial charge is 1.00 e. The van der Waals surface area contributed by atoms with Crippen molar-refractivity contribution in [1.29, 1.82) is 0 Å². The summed E-state index contributed by atoms with van der Waals surface area (Å²) in [6.45, 7) is 1.39. The predicted octanol–water partition coefficient (Wildman–Crippen LogP) is -1.54. The monoisotopic (exact) mass is 273 g/mol. The second-order valence-corrected chi connectivity index (χ2v) is 4.48. The summed E-state index contributed by atoms with van der Waals surface area (Å²) in [5.74, 6) is 0. The minimum absolute atomic E-state index is 0. The molecule has 0 fully saturated rings. The standard InChI is InChI=1S/C7H6ClNO5S.Na/c1-4-2-3-5(15(12,13)14)6(8)7(4)9(10)11;/h2-3H,1H3,(H,12,13,14);/q;+1/p-1. The first kappa shape index (κ1) is 15.8. The topological polar surface area (TPSA) is 100 Å². The molecule has 0 saturated carbocycles. The van der Waals surface area contributed by atoms with Crippen molar-refractivity contribution in [3.63, 3.8) is 0 Å². The van der Waals surface area contributed by atoms with Gasteiger partial charge in [-0.3, -0.25) is 10.1 Å². The fourth-order valence-corrected chi connectivity index (χ4v) is 2.18. The molecule has 0 N–H and O–H groups in total. The molecule has 0 saturated heterocycles. The average molecular weight is 274 g/mol. The molecule has 82 valence electrons. The third kappa shape index (κ3) is 3.16. The Morgan fingerprint density at radius 1 is 1.38 bits per heavy atom. The Labute approximate surface area is 119 Å². The van der Waals surface area contributed by atoms with Gasteiger partial charge >= 0.3 is 29.6 Å². The first-order chi connectivity index (χ1) is 6.75. The zero-order chi connectivity index (χ0) is 11.8. The van der Waals surface area contributed by atoms with Gasteiger partial charge in [0.2, 0.25) is 0 Å². The maximum absolute atomic E-state index is 10.7. The van der Waals surface area contributed by atoms with Crippen molar-refractivity contribution in [2.75, 3.05) is 0 Å². The molecule has 1 rings (SSSR count). The normalized spacial score (nSPS) is 10.7. The zero-order valence-corrected chi connectivity index (χ0v) is 12.0. The Balaban J connectivity index is 0.00000225. The van der Waals surface area contributed by atoms with Crippen molar-refractivity contribution >= 4 is 27.4 Å².